The number of hydrazone groups is 1. The summed E-state index contributed by atoms with van der Waals surface area (Å²) in [6, 6.07) is 12.9. The van der Waals surface area contributed by atoms with E-state index in [0.29, 0.717) is 15.6 Å². The van der Waals surface area contributed by atoms with Crippen LogP contribution in [0.1, 0.15) is 11.1 Å². The van der Waals surface area contributed by atoms with E-state index in [9.17, 15) is 4.79 Å². The molecule has 22 heavy (non-hydrogen) atoms. The number of nitrogens with zero attached hydrogens (tertiary/aromatic N) is 1. The minimum absolute atomic E-state index is 0.123. The van der Waals surface area contributed by atoms with Gasteiger partial charge in [-0.05, 0) is 30.7 Å². The summed E-state index contributed by atoms with van der Waals surface area (Å²) in [5.74, 6) is -0.261. The van der Waals surface area contributed by atoms with Crippen molar-refractivity contribution in [2.24, 2.45) is 5.10 Å². The standard InChI is InChI=1S/C16H15Cl2N3O/c1-11-5-2-3-8-15(11)19-10-16(22)21-20-9-12-13(17)6-4-7-14(12)18/h2-9,19H,10H2,1H3,(H,21,22). The molecule has 0 bridgehead atoms. The van der Waals surface area contributed by atoms with Crippen molar-refractivity contribution in [2.45, 2.75) is 6.92 Å². The first kappa shape index (κ1) is 16.3. The van der Waals surface area contributed by atoms with Crippen molar-refractivity contribution in [1.29, 1.82) is 0 Å². The van der Waals surface area contributed by atoms with Crippen LogP contribution in [0.4, 0.5) is 5.69 Å². The molecule has 0 aromatic heterocycles. The van der Waals surface area contributed by atoms with Crippen molar-refractivity contribution in [1.82, 2.24) is 5.43 Å². The lowest BCUT2D eigenvalue weighted by Gasteiger charge is -2.08. The highest BCUT2D eigenvalue weighted by atomic mass is 35.5. The van der Waals surface area contributed by atoms with Crippen LogP contribution in [0.5, 0.6) is 0 Å². The third-order valence-corrected chi connectivity index (χ3v) is 3.63. The van der Waals surface area contributed by atoms with Gasteiger partial charge < -0.3 is 5.32 Å². The lowest BCUT2D eigenvalue weighted by Crippen LogP contribution is -2.26. The zero-order valence-corrected chi connectivity index (χ0v) is 13.4. The molecule has 114 valence electrons. The van der Waals surface area contributed by atoms with Gasteiger partial charge in [0.15, 0.2) is 0 Å². The van der Waals surface area contributed by atoms with Gasteiger partial charge in [-0.3, -0.25) is 4.79 Å². The second-order valence-corrected chi connectivity index (χ2v) is 5.41. The molecule has 2 rings (SSSR count). The van der Waals surface area contributed by atoms with E-state index in [2.05, 4.69) is 15.8 Å². The van der Waals surface area contributed by atoms with E-state index in [0.717, 1.165) is 11.3 Å². The molecule has 0 saturated heterocycles. The number of nitrogens with one attached hydrogen (secondary N) is 2. The highest BCUT2D eigenvalue weighted by Crippen LogP contribution is 2.21. The Morgan fingerprint density at radius 3 is 2.50 bits per heavy atom. The maximum atomic E-state index is 11.7. The zero-order chi connectivity index (χ0) is 15.9. The molecule has 0 fully saturated rings. The average Bonchev–Trinajstić information content (AvgIpc) is 2.49. The van der Waals surface area contributed by atoms with Gasteiger partial charge >= 0.3 is 0 Å². The van der Waals surface area contributed by atoms with Gasteiger partial charge in [-0.1, -0.05) is 47.5 Å². The van der Waals surface area contributed by atoms with E-state index in [1.54, 1.807) is 18.2 Å². The minimum Gasteiger partial charge on any atom is -0.376 e. The first-order valence-electron chi connectivity index (χ1n) is 6.63. The molecule has 0 aliphatic heterocycles. The number of hydrogen-bond acceptors (Lipinski definition) is 3. The summed E-state index contributed by atoms with van der Waals surface area (Å²) >= 11 is 12.0. The van der Waals surface area contributed by atoms with Crippen molar-refractivity contribution in [3.8, 4) is 0 Å². The van der Waals surface area contributed by atoms with Crippen molar-refractivity contribution in [2.75, 3.05) is 11.9 Å². The number of para-hydroxylation sites is 1. The highest BCUT2D eigenvalue weighted by molar-refractivity contribution is 6.38. The molecular weight excluding hydrogens is 321 g/mol. The summed E-state index contributed by atoms with van der Waals surface area (Å²) in [6.45, 7) is 2.09. The molecule has 0 atom stereocenters. The number of halogens is 2. The van der Waals surface area contributed by atoms with E-state index in [-0.39, 0.29) is 12.5 Å². The molecule has 1 amide bonds. The first-order valence-corrected chi connectivity index (χ1v) is 7.39. The van der Waals surface area contributed by atoms with E-state index in [1.165, 1.54) is 6.21 Å². The molecule has 0 saturated carbocycles. The van der Waals surface area contributed by atoms with Gasteiger partial charge in [0.2, 0.25) is 0 Å². The van der Waals surface area contributed by atoms with Crippen LogP contribution in [-0.4, -0.2) is 18.7 Å². The van der Waals surface area contributed by atoms with Crippen LogP contribution in [0.3, 0.4) is 0 Å². The average molecular weight is 336 g/mol. The number of carbonyl (C=O) groups is 1. The van der Waals surface area contributed by atoms with Gasteiger partial charge in [-0.15, -0.1) is 0 Å². The van der Waals surface area contributed by atoms with Crippen molar-refractivity contribution >= 4 is 41.0 Å². The van der Waals surface area contributed by atoms with Gasteiger partial charge in [-0.2, -0.15) is 5.10 Å². The van der Waals surface area contributed by atoms with Crippen LogP contribution >= 0.6 is 23.2 Å². The first-order chi connectivity index (χ1) is 10.6. The molecule has 6 heteroatoms. The predicted molar refractivity (Wildman–Crippen MR) is 91.9 cm³/mol. The largest absolute Gasteiger partial charge is 0.376 e. The second kappa shape index (κ2) is 7.82. The van der Waals surface area contributed by atoms with Crippen molar-refractivity contribution in [3.05, 3.63) is 63.6 Å². The number of carbonyl (C=O) groups excluding carboxylic acids is 1. The van der Waals surface area contributed by atoms with Gasteiger partial charge in [0, 0.05) is 11.3 Å². The zero-order valence-electron chi connectivity index (χ0n) is 11.9. The van der Waals surface area contributed by atoms with Crippen LogP contribution in [0, 0.1) is 6.92 Å². The van der Waals surface area contributed by atoms with Crippen molar-refractivity contribution < 1.29 is 4.79 Å². The van der Waals surface area contributed by atoms with Crippen molar-refractivity contribution in [3.63, 3.8) is 0 Å². The molecule has 0 radical (unpaired) electrons. The number of aryl methyl sites for hydroxylation is 1. The van der Waals surface area contributed by atoms with Gasteiger partial charge in [0.25, 0.3) is 5.91 Å². The summed E-state index contributed by atoms with van der Waals surface area (Å²) in [4.78, 5) is 11.7. The van der Waals surface area contributed by atoms with Crippen LogP contribution in [0.2, 0.25) is 10.0 Å². The summed E-state index contributed by atoms with van der Waals surface area (Å²) in [7, 11) is 0. The Labute approximate surface area is 139 Å². The summed E-state index contributed by atoms with van der Waals surface area (Å²) in [6.07, 6.45) is 1.43. The predicted octanol–water partition coefficient (Wildman–Crippen LogP) is 3.86. The highest BCUT2D eigenvalue weighted by Gasteiger charge is 2.03. The molecule has 0 spiro atoms. The van der Waals surface area contributed by atoms with E-state index < -0.39 is 0 Å². The van der Waals surface area contributed by atoms with Crippen LogP contribution < -0.4 is 10.7 Å². The lowest BCUT2D eigenvalue weighted by molar-refractivity contribution is -0.119. The Bertz CT molecular complexity index is 681. The molecular formula is C16H15Cl2N3O. The maximum Gasteiger partial charge on any atom is 0.259 e. The van der Waals surface area contributed by atoms with E-state index in [1.807, 2.05) is 31.2 Å². The summed E-state index contributed by atoms with van der Waals surface area (Å²) in [5.41, 5.74) is 4.98. The minimum atomic E-state index is -0.261. The Kier molecular flexibility index (Phi) is 5.81. The molecule has 0 aliphatic carbocycles. The molecule has 0 unspecified atom stereocenters. The third kappa shape index (κ3) is 4.48. The second-order valence-electron chi connectivity index (χ2n) is 4.60. The number of amides is 1. The Morgan fingerprint density at radius 2 is 1.82 bits per heavy atom. The SMILES string of the molecule is Cc1ccccc1NCC(=O)NN=Cc1c(Cl)cccc1Cl. The summed E-state index contributed by atoms with van der Waals surface area (Å²) < 4.78 is 0. The van der Waals surface area contributed by atoms with Crippen LogP contribution in [0.15, 0.2) is 47.6 Å². The lowest BCUT2D eigenvalue weighted by atomic mass is 10.2. The molecule has 0 aliphatic rings. The number of hydrogen-bond donors (Lipinski definition) is 2. The Balaban J connectivity index is 1.88. The molecule has 2 aromatic carbocycles. The molecule has 0 heterocycles. The monoisotopic (exact) mass is 335 g/mol. The Hall–Kier alpha value is -2.04. The quantitative estimate of drug-likeness (QED) is 0.643. The fourth-order valence-corrected chi connectivity index (χ4v) is 2.28. The van der Waals surface area contributed by atoms with Gasteiger partial charge in [0.1, 0.15) is 0 Å². The number of benzene rings is 2. The topological polar surface area (TPSA) is 53.5 Å². The van der Waals surface area contributed by atoms with Gasteiger partial charge in [-0.25, -0.2) is 5.43 Å². The van der Waals surface area contributed by atoms with Crippen LogP contribution in [0.25, 0.3) is 0 Å². The van der Waals surface area contributed by atoms with E-state index >= 15 is 0 Å². The number of anilines is 1. The normalized spacial score (nSPS) is 10.7. The van der Waals surface area contributed by atoms with Crippen LogP contribution in [-0.2, 0) is 4.79 Å². The van der Waals surface area contributed by atoms with E-state index in [4.69, 9.17) is 23.2 Å². The smallest absolute Gasteiger partial charge is 0.259 e. The molecule has 2 N–H and O–H groups in total. The molecule has 2 aromatic rings. The molecule has 4 nitrogen and oxygen atoms in total. The van der Waals surface area contributed by atoms with Gasteiger partial charge in [0.05, 0.1) is 22.8 Å². The third-order valence-electron chi connectivity index (χ3n) is 2.97. The fraction of sp³-hybridized carbons (Fsp3) is 0.125. The maximum absolute atomic E-state index is 11.7. The Morgan fingerprint density at radius 1 is 1.14 bits per heavy atom. The summed E-state index contributed by atoms with van der Waals surface area (Å²) in [5, 5.41) is 7.86. The fourth-order valence-electron chi connectivity index (χ4n) is 1.79. The number of rotatable bonds is 5.